The van der Waals surface area contributed by atoms with Crippen molar-refractivity contribution in [3.63, 3.8) is 0 Å². The molecule has 1 N–H and O–H groups in total. The normalized spacial score (nSPS) is 10.6. The average molecular weight is 402 g/mol. The van der Waals surface area contributed by atoms with Gasteiger partial charge in [-0.3, -0.25) is 9.59 Å². The van der Waals surface area contributed by atoms with Crippen molar-refractivity contribution in [2.24, 2.45) is 0 Å². The minimum absolute atomic E-state index is 0.191. The molecule has 9 heteroatoms. The zero-order valence-electron chi connectivity index (χ0n) is 15.3. The van der Waals surface area contributed by atoms with E-state index in [1.54, 1.807) is 24.3 Å². The van der Waals surface area contributed by atoms with Gasteiger partial charge in [0.15, 0.2) is 6.61 Å². The van der Waals surface area contributed by atoms with Crippen LogP contribution in [0.5, 0.6) is 5.75 Å². The standard InChI is InChI=1S/C20H16F2N2O5/c1-28-19(26)11-29-17-4-2-3-14-13(17)7-8-24(20(14)27)10-18(25)23-16-6-5-12(21)9-15(16)22/h2-9H,10-11H2,1H3,(H,23,25). The fourth-order valence-electron chi connectivity index (χ4n) is 2.67. The van der Waals surface area contributed by atoms with E-state index in [0.29, 0.717) is 17.2 Å². The van der Waals surface area contributed by atoms with Crippen molar-refractivity contribution in [1.29, 1.82) is 0 Å². The van der Waals surface area contributed by atoms with Gasteiger partial charge >= 0.3 is 5.97 Å². The van der Waals surface area contributed by atoms with Crippen molar-refractivity contribution >= 4 is 28.3 Å². The van der Waals surface area contributed by atoms with Crippen LogP contribution in [0.4, 0.5) is 14.5 Å². The van der Waals surface area contributed by atoms with Crippen LogP contribution >= 0.6 is 0 Å². The summed E-state index contributed by atoms with van der Waals surface area (Å²) in [7, 11) is 1.23. The number of benzene rings is 2. The first-order valence-corrected chi connectivity index (χ1v) is 8.45. The molecule has 0 spiro atoms. The number of esters is 1. The van der Waals surface area contributed by atoms with Crippen molar-refractivity contribution in [2.75, 3.05) is 19.0 Å². The number of carbonyl (C=O) groups excluding carboxylic acids is 2. The van der Waals surface area contributed by atoms with Crippen LogP contribution < -0.4 is 15.6 Å². The predicted molar refractivity (Wildman–Crippen MR) is 101 cm³/mol. The maximum Gasteiger partial charge on any atom is 0.343 e. The lowest BCUT2D eigenvalue weighted by Crippen LogP contribution is -2.27. The minimum atomic E-state index is -0.920. The number of halogens is 2. The number of fused-ring (bicyclic) bond motifs is 1. The van der Waals surface area contributed by atoms with E-state index >= 15 is 0 Å². The molecule has 3 rings (SSSR count). The van der Waals surface area contributed by atoms with Gasteiger partial charge in [0, 0.05) is 17.6 Å². The van der Waals surface area contributed by atoms with Crippen LogP contribution in [0.1, 0.15) is 0 Å². The number of aromatic nitrogens is 1. The van der Waals surface area contributed by atoms with Gasteiger partial charge in [-0.2, -0.15) is 0 Å². The van der Waals surface area contributed by atoms with E-state index in [4.69, 9.17) is 4.74 Å². The van der Waals surface area contributed by atoms with Gasteiger partial charge < -0.3 is 19.4 Å². The monoisotopic (exact) mass is 402 g/mol. The Morgan fingerprint density at radius 2 is 1.90 bits per heavy atom. The Balaban J connectivity index is 1.81. The lowest BCUT2D eigenvalue weighted by Gasteiger charge is -2.11. The number of amides is 1. The number of nitrogens with zero attached hydrogens (tertiary/aromatic N) is 1. The molecular formula is C20H16F2N2O5. The van der Waals surface area contributed by atoms with Crippen LogP contribution in [-0.4, -0.2) is 30.2 Å². The van der Waals surface area contributed by atoms with Crippen molar-refractivity contribution in [1.82, 2.24) is 4.57 Å². The largest absolute Gasteiger partial charge is 0.481 e. The lowest BCUT2D eigenvalue weighted by molar-refractivity contribution is -0.142. The number of rotatable bonds is 6. The molecule has 0 aliphatic heterocycles. The third kappa shape index (κ3) is 4.57. The molecule has 0 saturated carbocycles. The molecule has 29 heavy (non-hydrogen) atoms. The highest BCUT2D eigenvalue weighted by atomic mass is 19.1. The number of nitrogens with one attached hydrogen (secondary N) is 1. The second kappa shape index (κ2) is 8.51. The van der Waals surface area contributed by atoms with E-state index in [-0.39, 0.29) is 24.2 Å². The van der Waals surface area contributed by atoms with Crippen LogP contribution in [0.2, 0.25) is 0 Å². The minimum Gasteiger partial charge on any atom is -0.481 e. The molecule has 0 aliphatic rings. The summed E-state index contributed by atoms with van der Waals surface area (Å²) in [5, 5.41) is 3.03. The molecule has 0 radical (unpaired) electrons. The Morgan fingerprint density at radius 3 is 2.62 bits per heavy atom. The molecule has 0 fully saturated rings. The first kappa shape index (κ1) is 20.0. The third-order valence-corrected chi connectivity index (χ3v) is 4.07. The Labute approximate surface area is 163 Å². The molecule has 1 amide bonds. The first-order valence-electron chi connectivity index (χ1n) is 8.45. The molecule has 0 unspecified atom stereocenters. The Hall–Kier alpha value is -3.75. The number of carbonyl (C=O) groups is 2. The molecule has 150 valence electrons. The highest BCUT2D eigenvalue weighted by molar-refractivity contribution is 5.91. The van der Waals surface area contributed by atoms with Crippen molar-refractivity contribution in [3.05, 3.63) is 70.6 Å². The van der Waals surface area contributed by atoms with Crippen molar-refractivity contribution in [3.8, 4) is 5.75 Å². The summed E-state index contributed by atoms with van der Waals surface area (Å²) in [6.45, 7) is -0.691. The summed E-state index contributed by atoms with van der Waals surface area (Å²) >= 11 is 0. The van der Waals surface area contributed by atoms with Gasteiger partial charge in [0.05, 0.1) is 18.2 Å². The quantitative estimate of drug-likeness (QED) is 0.640. The average Bonchev–Trinajstić information content (AvgIpc) is 2.70. The molecule has 7 nitrogen and oxygen atoms in total. The second-order valence-electron chi connectivity index (χ2n) is 6.00. The Bertz CT molecular complexity index is 1140. The fraction of sp³-hybridized carbons (Fsp3) is 0.150. The van der Waals surface area contributed by atoms with Crippen LogP contribution in [0.25, 0.3) is 10.8 Å². The van der Waals surface area contributed by atoms with Gasteiger partial charge in [0.25, 0.3) is 5.56 Å². The summed E-state index contributed by atoms with van der Waals surface area (Å²) in [4.78, 5) is 36.1. The van der Waals surface area contributed by atoms with E-state index in [9.17, 15) is 23.2 Å². The maximum absolute atomic E-state index is 13.7. The highest BCUT2D eigenvalue weighted by Crippen LogP contribution is 2.23. The maximum atomic E-state index is 13.7. The van der Waals surface area contributed by atoms with Gasteiger partial charge in [-0.05, 0) is 30.3 Å². The summed E-state index contributed by atoms with van der Waals surface area (Å²) < 4.78 is 37.6. The summed E-state index contributed by atoms with van der Waals surface area (Å²) in [6, 6.07) is 9.04. The van der Waals surface area contributed by atoms with Crippen LogP contribution in [0, 0.1) is 11.6 Å². The smallest absolute Gasteiger partial charge is 0.343 e. The van der Waals surface area contributed by atoms with Gasteiger partial charge in [-0.1, -0.05) is 6.07 Å². The third-order valence-electron chi connectivity index (χ3n) is 4.07. The molecule has 1 heterocycles. The number of anilines is 1. The second-order valence-corrected chi connectivity index (χ2v) is 6.00. The predicted octanol–water partition coefficient (Wildman–Crippen LogP) is 2.47. The van der Waals surface area contributed by atoms with Crippen LogP contribution in [0.15, 0.2) is 53.5 Å². The topological polar surface area (TPSA) is 86.6 Å². The summed E-state index contributed by atoms with van der Waals surface area (Å²) in [6.07, 6.45) is 1.39. The van der Waals surface area contributed by atoms with Crippen LogP contribution in [-0.2, 0) is 20.9 Å². The van der Waals surface area contributed by atoms with E-state index in [1.165, 1.54) is 13.3 Å². The summed E-state index contributed by atoms with van der Waals surface area (Å²) in [5.41, 5.74) is -0.663. The van der Waals surface area contributed by atoms with E-state index in [0.717, 1.165) is 16.7 Å². The van der Waals surface area contributed by atoms with E-state index in [2.05, 4.69) is 10.1 Å². The number of hydrogen-bond acceptors (Lipinski definition) is 5. The van der Waals surface area contributed by atoms with Gasteiger partial charge in [-0.15, -0.1) is 0 Å². The number of methoxy groups -OCH3 is 1. The molecule has 0 saturated heterocycles. The van der Waals surface area contributed by atoms with Crippen LogP contribution in [0.3, 0.4) is 0 Å². The molecular weight excluding hydrogens is 386 g/mol. The SMILES string of the molecule is COC(=O)COc1cccc2c(=O)n(CC(=O)Nc3ccc(F)cc3F)ccc12. The van der Waals surface area contributed by atoms with Gasteiger partial charge in [0.1, 0.15) is 23.9 Å². The lowest BCUT2D eigenvalue weighted by atomic mass is 10.1. The Kier molecular flexibility index (Phi) is 5.87. The molecule has 1 aromatic heterocycles. The molecule has 0 atom stereocenters. The fourth-order valence-corrected chi connectivity index (χ4v) is 2.67. The molecule has 0 aliphatic carbocycles. The Morgan fingerprint density at radius 1 is 1.10 bits per heavy atom. The first-order chi connectivity index (χ1) is 13.9. The van der Waals surface area contributed by atoms with Crippen molar-refractivity contribution in [2.45, 2.75) is 6.54 Å². The number of ether oxygens (including phenoxy) is 2. The number of pyridine rings is 1. The molecule has 3 aromatic rings. The number of hydrogen-bond donors (Lipinski definition) is 1. The molecule has 0 bridgehead atoms. The zero-order valence-corrected chi connectivity index (χ0v) is 15.3. The zero-order chi connectivity index (χ0) is 21.0. The van der Waals surface area contributed by atoms with Gasteiger partial charge in [0.2, 0.25) is 5.91 Å². The van der Waals surface area contributed by atoms with Crippen molar-refractivity contribution < 1.29 is 27.8 Å². The highest BCUT2D eigenvalue weighted by Gasteiger charge is 2.13. The van der Waals surface area contributed by atoms with E-state index < -0.39 is 29.1 Å². The van der Waals surface area contributed by atoms with E-state index in [1.807, 2.05) is 0 Å². The molecule has 2 aromatic carbocycles. The van der Waals surface area contributed by atoms with Gasteiger partial charge in [-0.25, -0.2) is 13.6 Å². The summed E-state index contributed by atoms with van der Waals surface area (Å²) in [5.74, 6) is -2.60.